The lowest BCUT2D eigenvalue weighted by Crippen LogP contribution is -2.43. The standard InChI is InChI=1S/C17H16ClN3O3/c18-12-4-3-5-13(10-12)21-9-7-14(17(21)24)19-15(22)11-20-8-2-1-6-16(20)23/h1-6,8,10,14H,7,9,11H2,(H,19,22)/t14-/m0/s1. The van der Waals surface area contributed by atoms with Gasteiger partial charge in [-0.3, -0.25) is 14.4 Å². The SMILES string of the molecule is O=C(Cn1ccccc1=O)N[C@H]1CCN(c2cccc(Cl)c2)C1=O. The third-order valence-electron chi connectivity index (χ3n) is 3.87. The van der Waals surface area contributed by atoms with Crippen LogP contribution in [-0.2, 0) is 16.1 Å². The van der Waals surface area contributed by atoms with Crippen LogP contribution in [0.4, 0.5) is 5.69 Å². The molecule has 1 saturated heterocycles. The van der Waals surface area contributed by atoms with Gasteiger partial charge in [-0.25, -0.2) is 0 Å². The number of hydrogen-bond acceptors (Lipinski definition) is 3. The number of halogens is 1. The number of nitrogens with one attached hydrogen (secondary N) is 1. The Balaban J connectivity index is 1.64. The van der Waals surface area contributed by atoms with E-state index in [0.717, 1.165) is 0 Å². The van der Waals surface area contributed by atoms with Crippen molar-refractivity contribution in [1.29, 1.82) is 0 Å². The predicted octanol–water partition coefficient (Wildman–Crippen LogP) is 1.42. The number of carbonyl (C=O) groups is 2. The Kier molecular flexibility index (Phi) is 4.66. The van der Waals surface area contributed by atoms with Crippen LogP contribution in [0, 0.1) is 0 Å². The van der Waals surface area contributed by atoms with E-state index in [1.165, 1.54) is 16.8 Å². The minimum atomic E-state index is -0.587. The molecule has 124 valence electrons. The Morgan fingerprint density at radius 2 is 2.04 bits per heavy atom. The molecule has 0 unspecified atom stereocenters. The molecule has 6 nitrogen and oxygen atoms in total. The third-order valence-corrected chi connectivity index (χ3v) is 4.11. The Labute approximate surface area is 143 Å². The zero-order chi connectivity index (χ0) is 17.1. The van der Waals surface area contributed by atoms with Gasteiger partial charge in [0.1, 0.15) is 12.6 Å². The number of carbonyl (C=O) groups excluding carboxylic acids is 2. The van der Waals surface area contributed by atoms with Gasteiger partial charge in [-0.15, -0.1) is 0 Å². The summed E-state index contributed by atoms with van der Waals surface area (Å²) < 4.78 is 1.30. The molecule has 0 spiro atoms. The molecule has 7 heteroatoms. The summed E-state index contributed by atoms with van der Waals surface area (Å²) in [6.45, 7) is 0.399. The van der Waals surface area contributed by atoms with E-state index >= 15 is 0 Å². The van der Waals surface area contributed by atoms with Crippen molar-refractivity contribution in [3.05, 3.63) is 64.0 Å². The Bertz CT molecular complexity index is 834. The monoisotopic (exact) mass is 345 g/mol. The molecule has 1 fully saturated rings. The van der Waals surface area contributed by atoms with Crippen molar-refractivity contribution in [3.63, 3.8) is 0 Å². The fourth-order valence-corrected chi connectivity index (χ4v) is 2.88. The summed E-state index contributed by atoms with van der Waals surface area (Å²) in [4.78, 5) is 37.8. The molecule has 1 aromatic carbocycles. The normalized spacial score (nSPS) is 17.1. The number of pyridine rings is 1. The second kappa shape index (κ2) is 6.88. The summed E-state index contributed by atoms with van der Waals surface area (Å²) in [5.74, 6) is -0.541. The molecule has 0 aliphatic carbocycles. The summed E-state index contributed by atoms with van der Waals surface area (Å²) in [7, 11) is 0. The van der Waals surface area contributed by atoms with Crippen LogP contribution in [0.25, 0.3) is 0 Å². The van der Waals surface area contributed by atoms with Crippen LogP contribution in [-0.4, -0.2) is 29.0 Å². The smallest absolute Gasteiger partial charge is 0.250 e. The zero-order valence-corrected chi connectivity index (χ0v) is 13.6. The molecule has 1 aliphatic heterocycles. The van der Waals surface area contributed by atoms with Gasteiger partial charge in [0.05, 0.1) is 0 Å². The summed E-state index contributed by atoms with van der Waals surface area (Å²) in [6.07, 6.45) is 2.05. The van der Waals surface area contributed by atoms with E-state index in [2.05, 4.69) is 5.32 Å². The van der Waals surface area contributed by atoms with Crippen LogP contribution < -0.4 is 15.8 Å². The first-order valence-electron chi connectivity index (χ1n) is 7.56. The Morgan fingerprint density at radius 1 is 1.21 bits per heavy atom. The van der Waals surface area contributed by atoms with E-state index in [4.69, 9.17) is 11.6 Å². The highest BCUT2D eigenvalue weighted by Gasteiger charge is 2.33. The highest BCUT2D eigenvalue weighted by molar-refractivity contribution is 6.31. The average molecular weight is 346 g/mol. The van der Waals surface area contributed by atoms with Crippen LogP contribution in [0.2, 0.25) is 5.02 Å². The van der Waals surface area contributed by atoms with E-state index in [1.54, 1.807) is 41.3 Å². The van der Waals surface area contributed by atoms with Gasteiger partial charge >= 0.3 is 0 Å². The fourth-order valence-electron chi connectivity index (χ4n) is 2.70. The summed E-state index contributed by atoms with van der Waals surface area (Å²) >= 11 is 5.96. The summed E-state index contributed by atoms with van der Waals surface area (Å²) in [5.41, 5.74) is 0.453. The molecule has 1 aliphatic rings. The minimum absolute atomic E-state index is 0.110. The van der Waals surface area contributed by atoms with Gasteiger partial charge < -0.3 is 14.8 Å². The van der Waals surface area contributed by atoms with E-state index in [9.17, 15) is 14.4 Å². The lowest BCUT2D eigenvalue weighted by molar-refractivity contribution is -0.126. The summed E-state index contributed by atoms with van der Waals surface area (Å²) in [5, 5.41) is 3.25. The minimum Gasteiger partial charge on any atom is -0.343 e. The van der Waals surface area contributed by atoms with Gasteiger partial charge in [0.2, 0.25) is 11.8 Å². The number of rotatable bonds is 4. The van der Waals surface area contributed by atoms with Crippen molar-refractivity contribution in [2.24, 2.45) is 0 Å². The number of aromatic nitrogens is 1. The molecular weight excluding hydrogens is 330 g/mol. The molecule has 24 heavy (non-hydrogen) atoms. The first-order valence-corrected chi connectivity index (χ1v) is 7.94. The molecule has 2 aromatic rings. The maximum absolute atomic E-state index is 12.5. The number of nitrogens with zero attached hydrogens (tertiary/aromatic N) is 2. The van der Waals surface area contributed by atoms with Crippen LogP contribution in [0.15, 0.2) is 53.5 Å². The molecular formula is C17H16ClN3O3. The maximum atomic E-state index is 12.5. The number of anilines is 1. The van der Waals surface area contributed by atoms with E-state index in [1.807, 2.05) is 0 Å². The van der Waals surface area contributed by atoms with Gasteiger partial charge in [-0.1, -0.05) is 23.7 Å². The molecule has 1 aromatic heterocycles. The van der Waals surface area contributed by atoms with Crippen molar-refractivity contribution in [1.82, 2.24) is 9.88 Å². The average Bonchev–Trinajstić information content (AvgIpc) is 2.90. The molecule has 1 N–H and O–H groups in total. The molecule has 0 radical (unpaired) electrons. The lowest BCUT2D eigenvalue weighted by Gasteiger charge is -2.17. The van der Waals surface area contributed by atoms with Gasteiger partial charge in [0, 0.05) is 29.5 Å². The quantitative estimate of drug-likeness (QED) is 0.911. The maximum Gasteiger partial charge on any atom is 0.250 e. The predicted molar refractivity (Wildman–Crippen MR) is 91.1 cm³/mol. The summed E-state index contributed by atoms with van der Waals surface area (Å²) in [6, 6.07) is 11.1. The van der Waals surface area contributed by atoms with Crippen LogP contribution in [0.1, 0.15) is 6.42 Å². The van der Waals surface area contributed by atoms with Crippen molar-refractivity contribution in [2.75, 3.05) is 11.4 Å². The van der Waals surface area contributed by atoms with Crippen molar-refractivity contribution in [3.8, 4) is 0 Å². The van der Waals surface area contributed by atoms with Crippen molar-refractivity contribution < 1.29 is 9.59 Å². The largest absolute Gasteiger partial charge is 0.343 e. The highest BCUT2D eigenvalue weighted by atomic mass is 35.5. The molecule has 3 rings (SSSR count). The van der Waals surface area contributed by atoms with Crippen LogP contribution >= 0.6 is 11.6 Å². The fraction of sp³-hybridized carbons (Fsp3) is 0.235. The lowest BCUT2D eigenvalue weighted by atomic mass is 10.2. The van der Waals surface area contributed by atoms with Gasteiger partial charge in [0.25, 0.3) is 5.56 Å². The topological polar surface area (TPSA) is 71.4 Å². The molecule has 0 saturated carbocycles. The zero-order valence-electron chi connectivity index (χ0n) is 12.8. The van der Waals surface area contributed by atoms with E-state index in [-0.39, 0.29) is 23.9 Å². The number of hydrogen-bond donors (Lipinski definition) is 1. The number of amides is 2. The first kappa shape index (κ1) is 16.3. The van der Waals surface area contributed by atoms with Gasteiger partial charge in [0.15, 0.2) is 0 Å². The molecule has 1 atom stereocenters. The van der Waals surface area contributed by atoms with Gasteiger partial charge in [-0.2, -0.15) is 0 Å². The van der Waals surface area contributed by atoms with E-state index < -0.39 is 6.04 Å². The molecule has 2 heterocycles. The second-order valence-corrected chi connectivity index (χ2v) is 5.98. The highest BCUT2D eigenvalue weighted by Crippen LogP contribution is 2.24. The Hall–Kier alpha value is -2.60. The van der Waals surface area contributed by atoms with Crippen molar-refractivity contribution in [2.45, 2.75) is 19.0 Å². The third kappa shape index (κ3) is 3.49. The van der Waals surface area contributed by atoms with E-state index in [0.29, 0.717) is 23.7 Å². The van der Waals surface area contributed by atoms with Crippen LogP contribution in [0.3, 0.4) is 0 Å². The van der Waals surface area contributed by atoms with Crippen LogP contribution in [0.5, 0.6) is 0 Å². The Morgan fingerprint density at radius 3 is 2.79 bits per heavy atom. The number of benzene rings is 1. The first-order chi connectivity index (χ1) is 11.5. The van der Waals surface area contributed by atoms with Gasteiger partial charge in [-0.05, 0) is 30.7 Å². The van der Waals surface area contributed by atoms with Crippen molar-refractivity contribution >= 4 is 29.1 Å². The molecule has 2 amide bonds. The molecule has 0 bridgehead atoms. The second-order valence-electron chi connectivity index (χ2n) is 5.55.